The van der Waals surface area contributed by atoms with E-state index in [0.717, 1.165) is 31.5 Å². The summed E-state index contributed by atoms with van der Waals surface area (Å²) in [6, 6.07) is 0. The quantitative estimate of drug-likeness (QED) is 0.743. The van der Waals surface area contributed by atoms with E-state index in [4.69, 9.17) is 0 Å². The van der Waals surface area contributed by atoms with E-state index < -0.39 is 0 Å². The van der Waals surface area contributed by atoms with Gasteiger partial charge in [0.1, 0.15) is 5.84 Å². The molecule has 2 aliphatic heterocycles. The van der Waals surface area contributed by atoms with E-state index in [9.17, 15) is 0 Å². The van der Waals surface area contributed by atoms with Gasteiger partial charge in [0.15, 0.2) is 0 Å². The zero-order valence-electron chi connectivity index (χ0n) is 10.00. The summed E-state index contributed by atoms with van der Waals surface area (Å²) in [4.78, 5) is 7.09. The number of amidine groups is 1. The molecule has 86 valence electrons. The van der Waals surface area contributed by atoms with E-state index in [2.05, 4.69) is 29.1 Å². The largest absolute Gasteiger partial charge is 0.373 e. The monoisotopic (exact) mass is 209 g/mol. The van der Waals surface area contributed by atoms with E-state index in [1.165, 1.54) is 31.8 Å². The van der Waals surface area contributed by atoms with Crippen LogP contribution in [0.4, 0.5) is 0 Å². The first kappa shape index (κ1) is 10.9. The molecule has 1 saturated heterocycles. The minimum absolute atomic E-state index is 0.845. The maximum atomic E-state index is 4.54. The molecule has 3 nitrogen and oxygen atoms in total. The third-order valence-corrected chi connectivity index (χ3v) is 3.28. The van der Waals surface area contributed by atoms with Crippen LogP contribution in [0.25, 0.3) is 0 Å². The van der Waals surface area contributed by atoms with Crippen LogP contribution < -0.4 is 5.32 Å². The highest BCUT2D eigenvalue weighted by Gasteiger charge is 2.22. The van der Waals surface area contributed by atoms with Crippen LogP contribution in [0.5, 0.6) is 0 Å². The molecule has 1 fully saturated rings. The van der Waals surface area contributed by atoms with Gasteiger partial charge in [-0.05, 0) is 24.7 Å². The predicted molar refractivity (Wildman–Crippen MR) is 64.3 cm³/mol. The zero-order valence-corrected chi connectivity index (χ0v) is 10.00. The van der Waals surface area contributed by atoms with Gasteiger partial charge >= 0.3 is 0 Å². The number of hydrogen-bond donors (Lipinski definition) is 1. The first-order valence-corrected chi connectivity index (χ1v) is 6.23. The molecule has 15 heavy (non-hydrogen) atoms. The fraction of sp³-hybridized carbons (Fsp3) is 0.917. The summed E-state index contributed by atoms with van der Waals surface area (Å²) in [6.07, 6.45) is 2.58. The van der Waals surface area contributed by atoms with Gasteiger partial charge in [-0.1, -0.05) is 13.8 Å². The van der Waals surface area contributed by atoms with Crippen molar-refractivity contribution in [2.75, 3.05) is 32.7 Å². The third kappa shape index (κ3) is 3.20. The topological polar surface area (TPSA) is 27.6 Å². The molecule has 0 saturated carbocycles. The molecule has 2 atom stereocenters. The second kappa shape index (κ2) is 4.97. The number of likely N-dealkylation sites (tertiary alicyclic amines) is 1. The molecule has 0 aliphatic carbocycles. The van der Waals surface area contributed by atoms with Crippen LogP contribution >= 0.6 is 0 Å². The van der Waals surface area contributed by atoms with Gasteiger partial charge in [0.2, 0.25) is 0 Å². The Morgan fingerprint density at radius 1 is 1.33 bits per heavy atom. The van der Waals surface area contributed by atoms with Crippen molar-refractivity contribution in [2.24, 2.45) is 16.8 Å². The van der Waals surface area contributed by atoms with Crippen LogP contribution in [0.3, 0.4) is 0 Å². The van der Waals surface area contributed by atoms with Crippen molar-refractivity contribution in [1.29, 1.82) is 0 Å². The number of hydrogen-bond acceptors (Lipinski definition) is 3. The number of nitrogens with one attached hydrogen (secondary N) is 1. The number of nitrogens with zero attached hydrogens (tertiary/aromatic N) is 2. The van der Waals surface area contributed by atoms with Crippen molar-refractivity contribution in [3.05, 3.63) is 0 Å². The maximum absolute atomic E-state index is 4.54. The molecule has 2 aliphatic rings. The number of piperidine rings is 1. The van der Waals surface area contributed by atoms with Gasteiger partial charge < -0.3 is 5.32 Å². The summed E-state index contributed by atoms with van der Waals surface area (Å²) in [5, 5.41) is 3.40. The standard InChI is InChI=1S/C12H23N3/c1-10-6-11(2)8-15(7-10)9-12-13-4-3-5-14-12/h10-11H,3-9H2,1-2H3,(H,13,14). The van der Waals surface area contributed by atoms with E-state index >= 15 is 0 Å². The Hall–Kier alpha value is -0.570. The molecular weight excluding hydrogens is 186 g/mol. The lowest BCUT2D eigenvalue weighted by molar-refractivity contribution is 0.158. The summed E-state index contributed by atoms with van der Waals surface area (Å²) in [7, 11) is 0. The van der Waals surface area contributed by atoms with Crippen LogP contribution in [-0.2, 0) is 0 Å². The average molecular weight is 209 g/mol. The van der Waals surface area contributed by atoms with Gasteiger partial charge in [-0.2, -0.15) is 0 Å². The summed E-state index contributed by atoms with van der Waals surface area (Å²) in [5.74, 6) is 2.90. The summed E-state index contributed by atoms with van der Waals surface area (Å²) < 4.78 is 0. The molecule has 1 N–H and O–H groups in total. The molecule has 0 aromatic heterocycles. The lowest BCUT2D eigenvalue weighted by Crippen LogP contribution is -2.45. The van der Waals surface area contributed by atoms with Crippen molar-refractivity contribution in [2.45, 2.75) is 26.7 Å². The fourth-order valence-corrected chi connectivity index (χ4v) is 2.82. The Morgan fingerprint density at radius 3 is 2.67 bits per heavy atom. The molecule has 0 aromatic rings. The molecule has 2 unspecified atom stereocenters. The Bertz CT molecular complexity index is 227. The minimum Gasteiger partial charge on any atom is -0.373 e. The van der Waals surface area contributed by atoms with Crippen molar-refractivity contribution in [1.82, 2.24) is 10.2 Å². The van der Waals surface area contributed by atoms with Crippen molar-refractivity contribution >= 4 is 5.84 Å². The van der Waals surface area contributed by atoms with Gasteiger partial charge in [0.05, 0.1) is 6.54 Å². The van der Waals surface area contributed by atoms with Gasteiger partial charge in [-0.15, -0.1) is 0 Å². The molecule has 0 spiro atoms. The first-order chi connectivity index (χ1) is 7.24. The van der Waals surface area contributed by atoms with Crippen LogP contribution in [0.15, 0.2) is 4.99 Å². The predicted octanol–water partition coefficient (Wildman–Crippen LogP) is 1.36. The van der Waals surface area contributed by atoms with Crippen LogP contribution in [-0.4, -0.2) is 43.5 Å². The maximum Gasteiger partial charge on any atom is 0.111 e. The average Bonchev–Trinajstić information content (AvgIpc) is 2.17. The van der Waals surface area contributed by atoms with Crippen LogP contribution in [0, 0.1) is 11.8 Å². The molecule has 2 heterocycles. The van der Waals surface area contributed by atoms with E-state index in [1.807, 2.05) is 0 Å². The lowest BCUT2D eigenvalue weighted by atomic mass is 9.92. The van der Waals surface area contributed by atoms with Crippen molar-refractivity contribution in [3.63, 3.8) is 0 Å². The Labute approximate surface area is 92.9 Å². The molecular formula is C12H23N3. The van der Waals surface area contributed by atoms with E-state index in [1.54, 1.807) is 0 Å². The number of rotatable bonds is 2. The smallest absolute Gasteiger partial charge is 0.111 e. The van der Waals surface area contributed by atoms with Gasteiger partial charge in [-0.25, -0.2) is 0 Å². The molecule has 0 bridgehead atoms. The van der Waals surface area contributed by atoms with E-state index in [0.29, 0.717) is 0 Å². The Balaban J connectivity index is 1.85. The van der Waals surface area contributed by atoms with Crippen LogP contribution in [0.2, 0.25) is 0 Å². The normalized spacial score (nSPS) is 33.3. The van der Waals surface area contributed by atoms with Gasteiger partial charge in [-0.3, -0.25) is 9.89 Å². The highest BCUT2D eigenvalue weighted by molar-refractivity contribution is 5.84. The Morgan fingerprint density at radius 2 is 2.07 bits per heavy atom. The lowest BCUT2D eigenvalue weighted by Gasteiger charge is -2.35. The molecule has 0 aromatic carbocycles. The zero-order chi connectivity index (χ0) is 10.7. The van der Waals surface area contributed by atoms with Gasteiger partial charge in [0, 0.05) is 26.2 Å². The molecule has 2 rings (SSSR count). The molecule has 0 amide bonds. The highest BCUT2D eigenvalue weighted by Crippen LogP contribution is 2.20. The summed E-state index contributed by atoms with van der Waals surface area (Å²) >= 11 is 0. The Kier molecular flexibility index (Phi) is 3.62. The van der Waals surface area contributed by atoms with Crippen molar-refractivity contribution < 1.29 is 0 Å². The SMILES string of the molecule is CC1CC(C)CN(CC2=NCCCN2)C1. The number of aliphatic imine (C=N–C) groups is 1. The van der Waals surface area contributed by atoms with Crippen molar-refractivity contribution in [3.8, 4) is 0 Å². The third-order valence-electron chi connectivity index (χ3n) is 3.28. The molecule has 0 radical (unpaired) electrons. The molecule has 3 heteroatoms. The van der Waals surface area contributed by atoms with Crippen LogP contribution in [0.1, 0.15) is 26.7 Å². The first-order valence-electron chi connectivity index (χ1n) is 6.23. The summed E-state index contributed by atoms with van der Waals surface area (Å²) in [6.45, 7) is 10.4. The summed E-state index contributed by atoms with van der Waals surface area (Å²) in [5.41, 5.74) is 0. The van der Waals surface area contributed by atoms with Gasteiger partial charge in [0.25, 0.3) is 0 Å². The second-order valence-corrected chi connectivity index (χ2v) is 5.25. The van der Waals surface area contributed by atoms with E-state index in [-0.39, 0.29) is 0 Å². The second-order valence-electron chi connectivity index (χ2n) is 5.25. The highest BCUT2D eigenvalue weighted by atomic mass is 15.2. The fourth-order valence-electron chi connectivity index (χ4n) is 2.82. The minimum atomic E-state index is 0.845.